The van der Waals surface area contributed by atoms with Gasteiger partial charge in [-0.3, -0.25) is 14.9 Å². The summed E-state index contributed by atoms with van der Waals surface area (Å²) in [5.74, 6) is 0.168. The maximum atomic E-state index is 12.6. The van der Waals surface area contributed by atoms with Crippen molar-refractivity contribution >= 4 is 51.6 Å². The fourth-order valence-corrected chi connectivity index (χ4v) is 3.47. The zero-order chi connectivity index (χ0) is 18.8. The third-order valence-corrected chi connectivity index (χ3v) is 4.68. The second kappa shape index (κ2) is 7.42. The van der Waals surface area contributed by atoms with Crippen LogP contribution in [0.2, 0.25) is 5.02 Å². The van der Waals surface area contributed by atoms with E-state index in [4.69, 9.17) is 11.6 Å². The number of aromatic nitrogens is 2. The minimum atomic E-state index is -0.469. The van der Waals surface area contributed by atoms with Crippen LogP contribution in [0.15, 0.2) is 48.5 Å². The van der Waals surface area contributed by atoms with Gasteiger partial charge in [-0.25, -0.2) is 4.68 Å². The van der Waals surface area contributed by atoms with E-state index in [1.807, 2.05) is 22.6 Å². The molecule has 1 N–H and O–H groups in total. The minimum absolute atomic E-state index is 0.0149. The molecule has 2 aromatic carbocycles. The van der Waals surface area contributed by atoms with E-state index in [1.165, 1.54) is 16.8 Å². The molecule has 0 bridgehead atoms. The van der Waals surface area contributed by atoms with Gasteiger partial charge in [-0.15, -0.1) is 0 Å². The van der Waals surface area contributed by atoms with E-state index in [9.17, 15) is 14.9 Å². The molecule has 1 amide bonds. The molecule has 3 rings (SSSR count). The van der Waals surface area contributed by atoms with E-state index in [2.05, 4.69) is 10.4 Å². The smallest absolute Gasteiger partial charge is 0.269 e. The Morgan fingerprint density at radius 2 is 1.92 bits per heavy atom. The van der Waals surface area contributed by atoms with E-state index in [-0.39, 0.29) is 11.6 Å². The number of nitro groups is 1. The first-order chi connectivity index (χ1) is 12.3. The fraction of sp³-hybridized carbons (Fsp3) is 0.0588. The summed E-state index contributed by atoms with van der Waals surface area (Å²) in [5.41, 5.74) is 1.78. The van der Waals surface area contributed by atoms with Crippen LogP contribution in [0, 0.1) is 20.6 Å². The van der Waals surface area contributed by atoms with Gasteiger partial charge in [0.05, 0.1) is 21.9 Å². The third-order valence-electron chi connectivity index (χ3n) is 3.55. The number of rotatable bonds is 4. The number of halogens is 2. The van der Waals surface area contributed by atoms with Crippen LogP contribution in [-0.2, 0) is 0 Å². The molecular weight excluding hydrogens is 471 g/mol. The SMILES string of the molecule is Cc1cc(NC(=O)c2ccc(Cl)cc2I)n(-c2ccc([N+](=O)[O-])cc2)n1. The molecule has 0 unspecified atom stereocenters. The van der Waals surface area contributed by atoms with Crippen molar-refractivity contribution in [1.82, 2.24) is 9.78 Å². The Morgan fingerprint density at radius 3 is 2.54 bits per heavy atom. The van der Waals surface area contributed by atoms with E-state index in [0.29, 0.717) is 27.8 Å². The highest BCUT2D eigenvalue weighted by Gasteiger charge is 2.15. The van der Waals surface area contributed by atoms with Crippen LogP contribution in [0.5, 0.6) is 0 Å². The molecule has 3 aromatic rings. The number of aryl methyl sites for hydroxylation is 1. The maximum absolute atomic E-state index is 12.6. The Morgan fingerprint density at radius 1 is 1.23 bits per heavy atom. The Kier molecular flexibility index (Phi) is 5.23. The van der Waals surface area contributed by atoms with E-state index in [0.717, 1.165) is 3.57 Å². The average molecular weight is 483 g/mol. The maximum Gasteiger partial charge on any atom is 0.269 e. The second-order valence-corrected chi connectivity index (χ2v) is 7.03. The monoisotopic (exact) mass is 482 g/mol. The number of carbonyl (C=O) groups is 1. The van der Waals surface area contributed by atoms with Crippen molar-refractivity contribution in [2.75, 3.05) is 5.32 Å². The van der Waals surface area contributed by atoms with Crippen LogP contribution in [0.1, 0.15) is 16.1 Å². The molecule has 9 heteroatoms. The minimum Gasteiger partial charge on any atom is -0.306 e. The van der Waals surface area contributed by atoms with Gasteiger partial charge in [-0.1, -0.05) is 11.6 Å². The molecule has 0 spiro atoms. The molecule has 0 saturated carbocycles. The predicted molar refractivity (Wildman–Crippen MR) is 107 cm³/mol. The molecule has 0 aliphatic carbocycles. The molecular formula is C17H12ClIN4O3. The number of nitro benzene ring substituents is 1. The zero-order valence-electron chi connectivity index (χ0n) is 13.4. The van der Waals surface area contributed by atoms with Gasteiger partial charge in [0, 0.05) is 26.8 Å². The fourth-order valence-electron chi connectivity index (χ4n) is 2.36. The molecule has 0 saturated heterocycles. The molecule has 0 aliphatic heterocycles. The largest absolute Gasteiger partial charge is 0.306 e. The van der Waals surface area contributed by atoms with E-state index >= 15 is 0 Å². The van der Waals surface area contributed by atoms with Crippen LogP contribution < -0.4 is 5.32 Å². The van der Waals surface area contributed by atoms with Crippen molar-refractivity contribution in [2.45, 2.75) is 6.92 Å². The molecule has 0 fully saturated rings. The van der Waals surface area contributed by atoms with Crippen LogP contribution in [0.3, 0.4) is 0 Å². The van der Waals surface area contributed by atoms with Crippen LogP contribution in [0.25, 0.3) is 5.69 Å². The van der Waals surface area contributed by atoms with Crippen molar-refractivity contribution in [3.05, 3.63) is 78.5 Å². The first-order valence-corrected chi connectivity index (χ1v) is 8.89. The normalized spacial score (nSPS) is 10.6. The summed E-state index contributed by atoms with van der Waals surface area (Å²) in [5, 5.41) is 18.5. The summed E-state index contributed by atoms with van der Waals surface area (Å²) in [4.78, 5) is 22.9. The van der Waals surface area contributed by atoms with Crippen LogP contribution in [0.4, 0.5) is 11.5 Å². The quantitative estimate of drug-likeness (QED) is 0.334. The molecule has 1 aromatic heterocycles. The Labute approximate surface area is 167 Å². The van der Waals surface area contributed by atoms with Crippen LogP contribution in [-0.4, -0.2) is 20.6 Å². The summed E-state index contributed by atoms with van der Waals surface area (Å²) in [6, 6.07) is 12.7. The first kappa shape index (κ1) is 18.3. The molecule has 7 nitrogen and oxygen atoms in total. The molecule has 1 heterocycles. The van der Waals surface area contributed by atoms with Gasteiger partial charge in [0.2, 0.25) is 0 Å². The molecule has 0 aliphatic rings. The summed E-state index contributed by atoms with van der Waals surface area (Å²) in [6.07, 6.45) is 0. The van der Waals surface area contributed by atoms with Gasteiger partial charge >= 0.3 is 0 Å². The summed E-state index contributed by atoms with van der Waals surface area (Å²) >= 11 is 7.97. The van der Waals surface area contributed by atoms with Crippen molar-refractivity contribution in [2.24, 2.45) is 0 Å². The first-order valence-electron chi connectivity index (χ1n) is 7.43. The van der Waals surface area contributed by atoms with Crippen LogP contribution >= 0.6 is 34.2 Å². The van der Waals surface area contributed by atoms with E-state index in [1.54, 1.807) is 43.3 Å². The highest BCUT2D eigenvalue weighted by molar-refractivity contribution is 14.1. The van der Waals surface area contributed by atoms with Crippen molar-refractivity contribution in [3.63, 3.8) is 0 Å². The lowest BCUT2D eigenvalue weighted by atomic mass is 10.2. The lowest BCUT2D eigenvalue weighted by molar-refractivity contribution is -0.384. The number of hydrogen-bond acceptors (Lipinski definition) is 4. The Hall–Kier alpha value is -2.46. The molecule has 0 radical (unpaired) electrons. The van der Waals surface area contributed by atoms with Crippen molar-refractivity contribution < 1.29 is 9.72 Å². The zero-order valence-corrected chi connectivity index (χ0v) is 16.4. The van der Waals surface area contributed by atoms with Gasteiger partial charge in [0.25, 0.3) is 11.6 Å². The van der Waals surface area contributed by atoms with E-state index < -0.39 is 4.92 Å². The molecule has 0 atom stereocenters. The number of nitrogens with one attached hydrogen (secondary N) is 1. The predicted octanol–water partition coefficient (Wildman–Crippen LogP) is 4.60. The second-order valence-electron chi connectivity index (χ2n) is 5.43. The van der Waals surface area contributed by atoms with Gasteiger partial charge in [0.15, 0.2) is 0 Å². The number of non-ortho nitro benzene ring substituents is 1. The Bertz CT molecular complexity index is 1000. The number of benzene rings is 2. The molecule has 26 heavy (non-hydrogen) atoms. The number of anilines is 1. The summed E-state index contributed by atoms with van der Waals surface area (Å²) < 4.78 is 2.26. The van der Waals surface area contributed by atoms with Crippen molar-refractivity contribution in [3.8, 4) is 5.69 Å². The highest BCUT2D eigenvalue weighted by atomic mass is 127. The summed E-state index contributed by atoms with van der Waals surface area (Å²) in [7, 11) is 0. The van der Waals surface area contributed by atoms with Gasteiger partial charge in [-0.2, -0.15) is 5.10 Å². The highest BCUT2D eigenvalue weighted by Crippen LogP contribution is 2.22. The number of amides is 1. The number of hydrogen-bond donors (Lipinski definition) is 1. The Balaban J connectivity index is 1.92. The topological polar surface area (TPSA) is 90.1 Å². The lowest BCUT2D eigenvalue weighted by Gasteiger charge is -2.10. The summed E-state index contributed by atoms with van der Waals surface area (Å²) in [6.45, 7) is 1.80. The number of carbonyl (C=O) groups excluding carboxylic acids is 1. The third kappa shape index (κ3) is 3.86. The average Bonchev–Trinajstić information content (AvgIpc) is 2.95. The van der Waals surface area contributed by atoms with Gasteiger partial charge in [-0.05, 0) is 59.8 Å². The molecule has 132 valence electrons. The van der Waals surface area contributed by atoms with Gasteiger partial charge < -0.3 is 5.32 Å². The van der Waals surface area contributed by atoms with Gasteiger partial charge in [0.1, 0.15) is 5.82 Å². The van der Waals surface area contributed by atoms with Crippen molar-refractivity contribution in [1.29, 1.82) is 0 Å². The standard InChI is InChI=1S/C17H12ClIN4O3/c1-10-8-16(20-17(24)14-7-2-11(18)9-15(14)19)22(21-10)12-3-5-13(6-4-12)23(25)26/h2-9H,1H3,(H,20,24). The lowest BCUT2D eigenvalue weighted by Crippen LogP contribution is -2.16. The number of nitrogens with zero attached hydrogens (tertiary/aromatic N) is 3.